The summed E-state index contributed by atoms with van der Waals surface area (Å²) in [5, 5.41) is 22.7. The molecular weight excluding hydrogens is 392 g/mol. The molecule has 0 amide bonds. The number of aromatic nitrogens is 4. The highest BCUT2D eigenvalue weighted by atomic mass is 16.5. The van der Waals surface area contributed by atoms with Crippen LogP contribution in [0.2, 0.25) is 0 Å². The zero-order valence-corrected chi connectivity index (χ0v) is 17.7. The van der Waals surface area contributed by atoms with E-state index in [0.717, 1.165) is 42.3 Å². The Kier molecular flexibility index (Phi) is 6.29. The molecule has 1 fully saturated rings. The van der Waals surface area contributed by atoms with Crippen LogP contribution in [0.15, 0.2) is 36.7 Å². The van der Waals surface area contributed by atoms with Gasteiger partial charge in [0.2, 0.25) is 0 Å². The first-order valence-corrected chi connectivity index (χ1v) is 10.3. The van der Waals surface area contributed by atoms with Gasteiger partial charge < -0.3 is 20.3 Å². The molecule has 3 N–H and O–H groups in total. The van der Waals surface area contributed by atoms with Gasteiger partial charge in [0.15, 0.2) is 11.5 Å². The normalized spacial score (nSPS) is 14.1. The van der Waals surface area contributed by atoms with Crippen LogP contribution in [0, 0.1) is 17.2 Å². The molecule has 1 aromatic carbocycles. The molecule has 9 heteroatoms. The third-order valence-corrected chi connectivity index (χ3v) is 5.51. The van der Waals surface area contributed by atoms with E-state index in [4.69, 9.17) is 10.00 Å². The number of nitrogens with zero attached hydrogens (tertiary/aromatic N) is 5. The van der Waals surface area contributed by atoms with Gasteiger partial charge in [-0.05, 0) is 44.0 Å². The Morgan fingerprint density at radius 2 is 2.03 bits per heavy atom. The maximum atomic E-state index is 8.83. The largest absolute Gasteiger partial charge is 0.496 e. The third-order valence-electron chi connectivity index (χ3n) is 5.51. The van der Waals surface area contributed by atoms with Gasteiger partial charge in [-0.2, -0.15) is 10.4 Å². The highest BCUT2D eigenvalue weighted by molar-refractivity contribution is 5.73. The number of anilines is 3. The smallest absolute Gasteiger partial charge is 0.158 e. The second kappa shape index (κ2) is 9.45. The van der Waals surface area contributed by atoms with Gasteiger partial charge in [-0.3, -0.25) is 5.10 Å². The molecule has 3 aromatic rings. The van der Waals surface area contributed by atoms with Crippen LogP contribution in [0.4, 0.5) is 17.3 Å². The Bertz CT molecular complexity index is 1050. The van der Waals surface area contributed by atoms with Crippen molar-refractivity contribution >= 4 is 17.3 Å². The van der Waals surface area contributed by atoms with Crippen LogP contribution in [0.1, 0.15) is 18.5 Å². The SMILES string of the molecule is COc1cc(N(C)CC2CCNCC2)ccc1-c1cc(Nc2cnc(C#N)cn2)n[nH]1. The molecule has 1 saturated heterocycles. The third kappa shape index (κ3) is 4.92. The number of ether oxygens (including phenoxy) is 1. The van der Waals surface area contributed by atoms with Gasteiger partial charge in [0.05, 0.1) is 25.2 Å². The molecule has 31 heavy (non-hydrogen) atoms. The summed E-state index contributed by atoms with van der Waals surface area (Å²) >= 11 is 0. The van der Waals surface area contributed by atoms with Crippen molar-refractivity contribution in [2.24, 2.45) is 5.92 Å². The van der Waals surface area contributed by atoms with Crippen LogP contribution < -0.4 is 20.3 Å². The molecule has 0 spiro atoms. The fourth-order valence-electron chi connectivity index (χ4n) is 3.80. The number of nitriles is 1. The van der Waals surface area contributed by atoms with Gasteiger partial charge in [-0.25, -0.2) is 9.97 Å². The van der Waals surface area contributed by atoms with Crippen molar-refractivity contribution in [3.05, 3.63) is 42.4 Å². The number of nitrogens with one attached hydrogen (secondary N) is 3. The van der Waals surface area contributed by atoms with Crippen molar-refractivity contribution in [1.29, 1.82) is 5.26 Å². The predicted octanol–water partition coefficient (Wildman–Crippen LogP) is 2.93. The number of benzene rings is 1. The Balaban J connectivity index is 1.48. The molecule has 0 atom stereocenters. The predicted molar refractivity (Wildman–Crippen MR) is 119 cm³/mol. The molecule has 0 unspecified atom stereocenters. The lowest BCUT2D eigenvalue weighted by Gasteiger charge is -2.29. The zero-order valence-electron chi connectivity index (χ0n) is 17.7. The van der Waals surface area contributed by atoms with E-state index in [2.05, 4.69) is 54.9 Å². The minimum absolute atomic E-state index is 0.267. The van der Waals surface area contributed by atoms with Crippen molar-refractivity contribution in [3.63, 3.8) is 0 Å². The summed E-state index contributed by atoms with van der Waals surface area (Å²) in [6.45, 7) is 3.24. The van der Waals surface area contributed by atoms with Crippen LogP contribution in [-0.2, 0) is 0 Å². The molecule has 0 bridgehead atoms. The van der Waals surface area contributed by atoms with Gasteiger partial charge in [0, 0.05) is 37.0 Å². The fourth-order valence-corrected chi connectivity index (χ4v) is 3.80. The average Bonchev–Trinajstić information content (AvgIpc) is 3.28. The minimum Gasteiger partial charge on any atom is -0.496 e. The van der Waals surface area contributed by atoms with Crippen molar-refractivity contribution in [2.75, 3.05) is 44.0 Å². The molecule has 1 aliphatic rings. The van der Waals surface area contributed by atoms with Crippen LogP contribution in [0.25, 0.3) is 11.3 Å². The summed E-state index contributed by atoms with van der Waals surface area (Å²) < 4.78 is 5.68. The monoisotopic (exact) mass is 418 g/mol. The Morgan fingerprint density at radius 3 is 2.74 bits per heavy atom. The quantitative estimate of drug-likeness (QED) is 0.537. The number of rotatable bonds is 7. The topological polar surface area (TPSA) is 115 Å². The fraction of sp³-hybridized carbons (Fsp3) is 0.364. The van der Waals surface area contributed by atoms with Gasteiger partial charge in [-0.1, -0.05) is 0 Å². The molecule has 2 aromatic heterocycles. The molecular formula is C22H26N8O. The lowest BCUT2D eigenvalue weighted by molar-refractivity contribution is 0.377. The maximum Gasteiger partial charge on any atom is 0.158 e. The van der Waals surface area contributed by atoms with Crippen molar-refractivity contribution < 1.29 is 4.74 Å². The van der Waals surface area contributed by atoms with Gasteiger partial charge in [0.25, 0.3) is 0 Å². The first-order valence-electron chi connectivity index (χ1n) is 10.3. The van der Waals surface area contributed by atoms with E-state index < -0.39 is 0 Å². The van der Waals surface area contributed by atoms with Crippen molar-refractivity contribution in [2.45, 2.75) is 12.8 Å². The molecule has 3 heterocycles. The maximum absolute atomic E-state index is 8.83. The summed E-state index contributed by atoms with van der Waals surface area (Å²) in [5.41, 5.74) is 3.15. The van der Waals surface area contributed by atoms with Gasteiger partial charge in [-0.15, -0.1) is 0 Å². The Labute approximate surface area is 181 Å². The Hall–Kier alpha value is -3.64. The van der Waals surface area contributed by atoms with E-state index in [0.29, 0.717) is 17.6 Å². The number of methoxy groups -OCH3 is 1. The first kappa shape index (κ1) is 20.6. The summed E-state index contributed by atoms with van der Waals surface area (Å²) in [6.07, 6.45) is 5.35. The highest BCUT2D eigenvalue weighted by Gasteiger charge is 2.17. The van der Waals surface area contributed by atoms with Crippen LogP contribution in [0.5, 0.6) is 5.75 Å². The summed E-state index contributed by atoms with van der Waals surface area (Å²) in [5.74, 6) is 2.61. The standard InChI is InChI=1S/C22H26N8O/c1-30(14-15-5-7-24-8-6-15)17-3-4-18(20(9-17)31-2)19-10-21(29-28-19)27-22-13-25-16(11-23)12-26-22/h3-4,9-10,12-13,15,24H,5-8,14H2,1-2H3,(H2,26,27,28,29). The van der Waals surface area contributed by atoms with Crippen LogP contribution >= 0.6 is 0 Å². The van der Waals surface area contributed by atoms with Gasteiger partial charge in [0.1, 0.15) is 17.6 Å². The Morgan fingerprint density at radius 1 is 1.19 bits per heavy atom. The minimum atomic E-state index is 0.267. The van der Waals surface area contributed by atoms with Crippen molar-refractivity contribution in [3.8, 4) is 23.1 Å². The second-order valence-electron chi connectivity index (χ2n) is 7.65. The summed E-state index contributed by atoms with van der Waals surface area (Å²) in [7, 11) is 3.81. The molecule has 0 aliphatic carbocycles. The number of piperidine rings is 1. The number of H-pyrrole nitrogens is 1. The molecule has 0 radical (unpaired) electrons. The number of aromatic amines is 1. The average molecular weight is 419 g/mol. The van der Waals surface area contributed by atoms with Crippen molar-refractivity contribution in [1.82, 2.24) is 25.5 Å². The number of hydrogen-bond donors (Lipinski definition) is 3. The van der Waals surface area contributed by atoms with Crippen LogP contribution in [0.3, 0.4) is 0 Å². The lowest BCUT2D eigenvalue weighted by Crippen LogP contribution is -2.34. The van der Waals surface area contributed by atoms with E-state index in [-0.39, 0.29) is 5.69 Å². The summed E-state index contributed by atoms with van der Waals surface area (Å²) in [4.78, 5) is 10.5. The van der Waals surface area contributed by atoms with E-state index in [1.807, 2.05) is 18.2 Å². The summed E-state index contributed by atoms with van der Waals surface area (Å²) in [6, 6.07) is 10.1. The van der Waals surface area contributed by atoms with E-state index >= 15 is 0 Å². The highest BCUT2D eigenvalue weighted by Crippen LogP contribution is 2.34. The molecule has 0 saturated carbocycles. The van der Waals surface area contributed by atoms with Gasteiger partial charge >= 0.3 is 0 Å². The second-order valence-corrected chi connectivity index (χ2v) is 7.65. The molecule has 1 aliphatic heterocycles. The number of hydrogen-bond acceptors (Lipinski definition) is 8. The van der Waals surface area contributed by atoms with E-state index in [1.54, 1.807) is 7.11 Å². The van der Waals surface area contributed by atoms with E-state index in [9.17, 15) is 0 Å². The zero-order chi connectivity index (χ0) is 21.6. The van der Waals surface area contributed by atoms with E-state index in [1.165, 1.54) is 25.2 Å². The lowest BCUT2D eigenvalue weighted by atomic mass is 9.97. The molecule has 4 rings (SSSR count). The first-order chi connectivity index (χ1) is 15.2. The molecule has 9 nitrogen and oxygen atoms in total. The molecule has 160 valence electrons. The van der Waals surface area contributed by atoms with Crippen LogP contribution in [-0.4, -0.2) is 54.0 Å².